The molecular weight excluding hydrogens is 108 g/mol. The summed E-state index contributed by atoms with van der Waals surface area (Å²) in [4.78, 5) is 8.56. The second-order valence-electron chi connectivity index (χ2n) is 0.283. The van der Waals surface area contributed by atoms with Crippen LogP contribution in [0.3, 0.4) is 0 Å². The van der Waals surface area contributed by atoms with E-state index >= 15 is 0 Å². The van der Waals surface area contributed by atoms with Crippen molar-refractivity contribution >= 4 is 6.16 Å². The molecule has 0 fully saturated rings. The first kappa shape index (κ1) is 16.4. The SMILES string of the molecule is O.O=C(O)O.OO. The Bertz CT molecular complexity index is 27.2. The van der Waals surface area contributed by atoms with Crippen LogP contribution in [0.5, 0.6) is 0 Å². The third kappa shape index (κ3) is 70.7. The van der Waals surface area contributed by atoms with Crippen molar-refractivity contribution in [3.63, 3.8) is 0 Å². The van der Waals surface area contributed by atoms with Gasteiger partial charge < -0.3 is 15.7 Å². The second-order valence-corrected chi connectivity index (χ2v) is 0.283. The van der Waals surface area contributed by atoms with Gasteiger partial charge in [-0.1, -0.05) is 0 Å². The van der Waals surface area contributed by atoms with E-state index in [1.807, 2.05) is 0 Å². The first-order valence-corrected chi connectivity index (χ1v) is 0.851. The summed E-state index contributed by atoms with van der Waals surface area (Å²) in [5.74, 6) is 0. The van der Waals surface area contributed by atoms with Gasteiger partial charge in [0.25, 0.3) is 0 Å². The highest BCUT2D eigenvalue weighted by Gasteiger charge is 1.70. The summed E-state index contributed by atoms with van der Waals surface area (Å²) in [5, 5.41) is 25.9. The van der Waals surface area contributed by atoms with Crippen molar-refractivity contribution in [2.24, 2.45) is 0 Å². The Morgan fingerprint density at radius 1 is 1.14 bits per heavy atom. The Balaban J connectivity index is -0.0000000480. The number of hydrogen-bond acceptors (Lipinski definition) is 3. The molecule has 0 unspecified atom stereocenters. The zero-order chi connectivity index (χ0) is 5.58. The first-order valence-electron chi connectivity index (χ1n) is 0.851. The van der Waals surface area contributed by atoms with E-state index in [0.29, 0.717) is 0 Å². The van der Waals surface area contributed by atoms with E-state index in [1.54, 1.807) is 0 Å². The van der Waals surface area contributed by atoms with Gasteiger partial charge in [0.15, 0.2) is 0 Å². The maximum Gasteiger partial charge on any atom is 0.503 e. The molecule has 46 valence electrons. The van der Waals surface area contributed by atoms with Gasteiger partial charge in [-0.15, -0.1) is 0 Å². The molecule has 0 aromatic rings. The van der Waals surface area contributed by atoms with Crippen LogP contribution >= 0.6 is 0 Å². The number of rotatable bonds is 0. The van der Waals surface area contributed by atoms with Crippen LogP contribution < -0.4 is 0 Å². The highest BCUT2D eigenvalue weighted by atomic mass is 17.0. The molecule has 0 saturated heterocycles. The Kier molecular flexibility index (Phi) is 45.1. The smallest absolute Gasteiger partial charge is 0.450 e. The highest BCUT2D eigenvalue weighted by molar-refractivity contribution is 5.53. The molecule has 0 aliphatic rings. The summed E-state index contributed by atoms with van der Waals surface area (Å²) >= 11 is 0. The molecule has 0 amide bonds. The molecule has 6 heteroatoms. The van der Waals surface area contributed by atoms with Gasteiger partial charge in [0.2, 0.25) is 0 Å². The molecule has 0 atom stereocenters. The van der Waals surface area contributed by atoms with Crippen molar-refractivity contribution in [1.29, 1.82) is 0 Å². The second kappa shape index (κ2) is 19.2. The minimum Gasteiger partial charge on any atom is -0.450 e. The Morgan fingerprint density at radius 2 is 1.14 bits per heavy atom. The highest BCUT2D eigenvalue weighted by Crippen LogP contribution is 1.42. The van der Waals surface area contributed by atoms with Gasteiger partial charge in [-0.3, -0.25) is 10.5 Å². The molecule has 0 spiro atoms. The standard InChI is InChI=1S/CH2O3.H2O2.H2O/c2-1(3)4;1-2;/h(H2,2,3,4);1-2H;1H2. The van der Waals surface area contributed by atoms with E-state index in [1.165, 1.54) is 0 Å². The van der Waals surface area contributed by atoms with E-state index in [2.05, 4.69) is 0 Å². The molecule has 6 N–H and O–H groups in total. The van der Waals surface area contributed by atoms with Crippen LogP contribution in [0.2, 0.25) is 0 Å². The van der Waals surface area contributed by atoms with Gasteiger partial charge in [0.05, 0.1) is 0 Å². The van der Waals surface area contributed by atoms with Crippen molar-refractivity contribution < 1.29 is 31.0 Å². The third-order valence-electron chi connectivity index (χ3n) is 0. The first-order chi connectivity index (χ1) is 2.73. The van der Waals surface area contributed by atoms with E-state index < -0.39 is 6.16 Å². The van der Waals surface area contributed by atoms with Gasteiger partial charge in [-0.2, -0.15) is 0 Å². The lowest BCUT2D eigenvalue weighted by Gasteiger charge is -1.60. The average Bonchev–Trinajstić information content (AvgIpc) is 1.41. The third-order valence-corrected chi connectivity index (χ3v) is 0. The molecule has 0 aromatic heterocycles. The molecular formula is CH6O6. The lowest BCUT2D eigenvalue weighted by Crippen LogP contribution is -1.81. The summed E-state index contributed by atoms with van der Waals surface area (Å²) in [6, 6.07) is 0. The van der Waals surface area contributed by atoms with Crippen LogP contribution in [0.4, 0.5) is 4.79 Å². The molecule has 0 rings (SSSR count). The zero-order valence-corrected chi connectivity index (χ0v) is 3.20. The van der Waals surface area contributed by atoms with Gasteiger partial charge in [0.1, 0.15) is 0 Å². The number of carboxylic acid groups (broad SMARTS) is 2. The Labute approximate surface area is 38.5 Å². The van der Waals surface area contributed by atoms with Gasteiger partial charge in [-0.05, 0) is 0 Å². The van der Waals surface area contributed by atoms with E-state index in [0.717, 1.165) is 0 Å². The lowest BCUT2D eigenvalue weighted by atomic mass is 11.5. The zero-order valence-electron chi connectivity index (χ0n) is 3.20. The molecule has 0 saturated carbocycles. The molecule has 0 bridgehead atoms. The maximum atomic E-state index is 8.56. The van der Waals surface area contributed by atoms with Crippen LogP contribution in [-0.4, -0.2) is 32.4 Å². The fraction of sp³-hybridized carbons (Fsp3) is 0. The minimum atomic E-state index is -1.83. The monoisotopic (exact) mass is 114 g/mol. The fourth-order valence-electron chi connectivity index (χ4n) is 0. The summed E-state index contributed by atoms with van der Waals surface area (Å²) in [5.41, 5.74) is 0. The van der Waals surface area contributed by atoms with Crippen LogP contribution in [0.15, 0.2) is 0 Å². The molecule has 6 nitrogen and oxygen atoms in total. The Morgan fingerprint density at radius 3 is 1.14 bits per heavy atom. The quantitative estimate of drug-likeness (QED) is 0.247. The summed E-state index contributed by atoms with van der Waals surface area (Å²) < 4.78 is 0. The van der Waals surface area contributed by atoms with Crippen molar-refractivity contribution in [1.82, 2.24) is 0 Å². The van der Waals surface area contributed by atoms with Crippen LogP contribution in [-0.2, 0) is 0 Å². The molecule has 0 aliphatic heterocycles. The summed E-state index contributed by atoms with van der Waals surface area (Å²) in [7, 11) is 0. The van der Waals surface area contributed by atoms with Crippen molar-refractivity contribution in [2.75, 3.05) is 0 Å². The van der Waals surface area contributed by atoms with Crippen LogP contribution in [0, 0.1) is 0 Å². The molecule has 0 heterocycles. The molecule has 0 aromatic carbocycles. The fourth-order valence-corrected chi connectivity index (χ4v) is 0. The maximum absolute atomic E-state index is 8.56. The average molecular weight is 114 g/mol. The normalized spacial score (nSPS) is 4.29. The number of carbonyl (C=O) groups is 1. The minimum absolute atomic E-state index is 0. The van der Waals surface area contributed by atoms with Crippen molar-refractivity contribution in [3.8, 4) is 0 Å². The summed E-state index contributed by atoms with van der Waals surface area (Å²) in [6.45, 7) is 0. The molecule has 0 aliphatic carbocycles. The van der Waals surface area contributed by atoms with Crippen LogP contribution in [0.1, 0.15) is 0 Å². The Hall–Kier alpha value is -0.850. The summed E-state index contributed by atoms with van der Waals surface area (Å²) in [6.07, 6.45) is -1.83. The predicted molar refractivity (Wildman–Crippen MR) is 19.5 cm³/mol. The van der Waals surface area contributed by atoms with Gasteiger partial charge in [-0.25, -0.2) is 4.79 Å². The van der Waals surface area contributed by atoms with E-state index in [-0.39, 0.29) is 5.48 Å². The van der Waals surface area contributed by atoms with Crippen molar-refractivity contribution in [3.05, 3.63) is 0 Å². The van der Waals surface area contributed by atoms with Gasteiger partial charge >= 0.3 is 6.16 Å². The molecule has 0 radical (unpaired) electrons. The van der Waals surface area contributed by atoms with Crippen LogP contribution in [0.25, 0.3) is 0 Å². The van der Waals surface area contributed by atoms with E-state index in [9.17, 15) is 0 Å². The topological polar surface area (TPSA) is 129 Å². The van der Waals surface area contributed by atoms with Gasteiger partial charge in [0, 0.05) is 0 Å². The van der Waals surface area contributed by atoms with Crippen molar-refractivity contribution in [2.45, 2.75) is 0 Å². The largest absolute Gasteiger partial charge is 0.503 e. The molecule has 7 heavy (non-hydrogen) atoms. The lowest BCUT2D eigenvalue weighted by molar-refractivity contribution is -0.176. The van der Waals surface area contributed by atoms with E-state index in [4.69, 9.17) is 25.5 Å². The predicted octanol–water partition coefficient (Wildman–Crippen LogP) is -0.585. The number of hydrogen-bond donors (Lipinski definition) is 4.